The fourth-order valence-corrected chi connectivity index (χ4v) is 4.27. The van der Waals surface area contributed by atoms with Crippen LogP contribution in [0.25, 0.3) is 44.1 Å². The molecule has 3 aromatic heterocycles. The largest absolute Gasteiger partial charge is 0.659 e. The van der Waals surface area contributed by atoms with Gasteiger partial charge in [0.15, 0.2) is 5.65 Å². The molecule has 0 atom stereocenters. The number of hydrogen-bond acceptors (Lipinski definition) is 4. The molecule has 0 spiro atoms. The Balaban J connectivity index is 1.36. The highest BCUT2D eigenvalue weighted by Gasteiger charge is 2.13. The van der Waals surface area contributed by atoms with Crippen LogP contribution in [0.5, 0.6) is 0 Å². The first kappa shape index (κ1) is 18.0. The van der Waals surface area contributed by atoms with E-state index in [1.807, 2.05) is 53.6 Å². The number of piperazine rings is 1. The van der Waals surface area contributed by atoms with Gasteiger partial charge in [-0.2, -0.15) is 5.10 Å². The number of fused-ring (bicyclic) bond motifs is 2. The summed E-state index contributed by atoms with van der Waals surface area (Å²) in [5.74, 6) is 0. The van der Waals surface area contributed by atoms with Crippen LogP contribution < -0.4 is 4.90 Å². The van der Waals surface area contributed by atoms with Crippen molar-refractivity contribution < 1.29 is 0 Å². The molecule has 1 aliphatic heterocycles. The van der Waals surface area contributed by atoms with Crippen molar-refractivity contribution in [3.05, 3.63) is 84.7 Å². The van der Waals surface area contributed by atoms with E-state index in [9.17, 15) is 0 Å². The number of nitrogens with zero attached hydrogens (tertiary/aromatic N) is 6. The van der Waals surface area contributed by atoms with E-state index in [4.69, 9.17) is 4.98 Å². The van der Waals surface area contributed by atoms with Gasteiger partial charge in [0, 0.05) is 40.8 Å². The lowest BCUT2D eigenvalue weighted by Gasteiger charge is -2.37. The quantitative estimate of drug-likeness (QED) is 0.432. The maximum Gasteiger partial charge on any atom is 0.162 e. The zero-order valence-corrected chi connectivity index (χ0v) is 17.0. The van der Waals surface area contributed by atoms with Crippen LogP contribution in [0.2, 0.25) is 0 Å². The Hall–Kier alpha value is -3.77. The monoisotopic (exact) mass is 405 g/mol. The predicted octanol–water partition coefficient (Wildman–Crippen LogP) is 4.81. The average Bonchev–Trinajstić information content (AvgIpc) is 3.27. The fourth-order valence-electron chi connectivity index (χ4n) is 4.27. The first-order chi connectivity index (χ1) is 15.4. The molecule has 0 N–H and O–H groups in total. The summed E-state index contributed by atoms with van der Waals surface area (Å²) in [5, 5.41) is 10.1. The Morgan fingerprint density at radius 1 is 0.774 bits per heavy atom. The van der Waals surface area contributed by atoms with Crippen molar-refractivity contribution in [2.24, 2.45) is 0 Å². The molecule has 0 radical (unpaired) electrons. The summed E-state index contributed by atoms with van der Waals surface area (Å²) in [7, 11) is 0. The number of para-hydroxylation sites is 1. The summed E-state index contributed by atoms with van der Waals surface area (Å²) in [4.78, 5) is 11.6. The van der Waals surface area contributed by atoms with E-state index < -0.39 is 0 Å². The molecule has 6 rings (SSSR count). The lowest BCUT2D eigenvalue weighted by atomic mass is 10.0. The Labute approximate surface area is 180 Å². The van der Waals surface area contributed by atoms with Crippen molar-refractivity contribution in [3.63, 3.8) is 0 Å². The number of pyridine rings is 1. The third-order valence-electron chi connectivity index (χ3n) is 5.92. The maximum absolute atomic E-state index is 4.77. The van der Waals surface area contributed by atoms with Crippen molar-refractivity contribution in [2.45, 2.75) is 0 Å². The standard InChI is InChI=1S/C25H21N6/c1-2-4-24-22(3-1)21(9-10-27-24)23-16-29-31-17-19(15-28-25(23)31)18-5-7-20(8-6-18)30-13-11-26-12-14-30/h1-10,15-17H,11-14H2/q-1. The van der Waals surface area contributed by atoms with Crippen molar-refractivity contribution in [1.82, 2.24) is 19.6 Å². The van der Waals surface area contributed by atoms with Gasteiger partial charge >= 0.3 is 0 Å². The third-order valence-corrected chi connectivity index (χ3v) is 5.92. The van der Waals surface area contributed by atoms with Crippen LogP contribution in [0, 0.1) is 0 Å². The number of hydrogen-bond donors (Lipinski definition) is 0. The molecule has 0 saturated carbocycles. The minimum absolute atomic E-state index is 0.841. The highest BCUT2D eigenvalue weighted by Crippen LogP contribution is 2.31. The first-order valence-corrected chi connectivity index (χ1v) is 10.5. The molecule has 31 heavy (non-hydrogen) atoms. The average molecular weight is 405 g/mol. The molecule has 0 aliphatic carbocycles. The molecule has 0 unspecified atom stereocenters. The first-order valence-electron chi connectivity index (χ1n) is 10.5. The van der Waals surface area contributed by atoms with E-state index in [1.54, 1.807) is 0 Å². The van der Waals surface area contributed by atoms with Crippen LogP contribution in [0.1, 0.15) is 0 Å². The van der Waals surface area contributed by atoms with E-state index in [-0.39, 0.29) is 0 Å². The van der Waals surface area contributed by atoms with Crippen molar-refractivity contribution in [2.75, 3.05) is 31.1 Å². The summed E-state index contributed by atoms with van der Waals surface area (Å²) in [6.45, 7) is 3.81. The zero-order valence-electron chi connectivity index (χ0n) is 17.0. The molecular weight excluding hydrogens is 384 g/mol. The predicted molar refractivity (Wildman–Crippen MR) is 124 cm³/mol. The highest BCUT2D eigenvalue weighted by molar-refractivity contribution is 5.97. The molecular formula is C25H21N6-. The third kappa shape index (κ3) is 3.21. The topological polar surface area (TPSA) is 60.4 Å². The van der Waals surface area contributed by atoms with Gasteiger partial charge in [-0.25, -0.2) is 9.50 Å². The summed E-state index contributed by atoms with van der Waals surface area (Å²) in [6.07, 6.45) is 7.70. The molecule has 5 aromatic rings. The Morgan fingerprint density at radius 2 is 1.61 bits per heavy atom. The molecule has 1 fully saturated rings. The van der Waals surface area contributed by atoms with Gasteiger partial charge < -0.3 is 10.2 Å². The number of rotatable bonds is 3. The minimum atomic E-state index is 0.841. The second kappa shape index (κ2) is 7.49. The van der Waals surface area contributed by atoms with Crippen molar-refractivity contribution >= 4 is 22.2 Å². The van der Waals surface area contributed by atoms with Gasteiger partial charge in [0.2, 0.25) is 0 Å². The molecule has 6 nitrogen and oxygen atoms in total. The van der Waals surface area contributed by atoms with E-state index in [0.29, 0.717) is 0 Å². The van der Waals surface area contributed by atoms with E-state index in [1.165, 1.54) is 5.69 Å². The molecule has 2 aromatic carbocycles. The second-order valence-corrected chi connectivity index (χ2v) is 7.75. The summed E-state index contributed by atoms with van der Waals surface area (Å²) < 4.78 is 1.86. The van der Waals surface area contributed by atoms with E-state index in [2.05, 4.69) is 50.6 Å². The molecule has 152 valence electrons. The van der Waals surface area contributed by atoms with Gasteiger partial charge in [0.05, 0.1) is 11.7 Å². The van der Waals surface area contributed by atoms with Gasteiger partial charge in [-0.1, -0.05) is 30.3 Å². The van der Waals surface area contributed by atoms with Gasteiger partial charge in [-0.15, -0.1) is 13.1 Å². The van der Waals surface area contributed by atoms with Crippen molar-refractivity contribution in [1.29, 1.82) is 0 Å². The summed E-state index contributed by atoms with van der Waals surface area (Å²) in [6, 6.07) is 18.9. The molecule has 1 saturated heterocycles. The van der Waals surface area contributed by atoms with Crippen molar-refractivity contribution in [3.8, 4) is 22.3 Å². The zero-order chi connectivity index (χ0) is 20.6. The Bertz CT molecular complexity index is 1360. The number of anilines is 1. The normalized spacial score (nSPS) is 14.4. The van der Waals surface area contributed by atoms with Crippen LogP contribution in [0.15, 0.2) is 79.4 Å². The van der Waals surface area contributed by atoms with Crippen LogP contribution in [0.4, 0.5) is 5.69 Å². The smallest absolute Gasteiger partial charge is 0.162 e. The van der Waals surface area contributed by atoms with Gasteiger partial charge in [-0.05, 0) is 48.5 Å². The van der Waals surface area contributed by atoms with E-state index >= 15 is 0 Å². The Kier molecular flexibility index (Phi) is 4.35. The minimum Gasteiger partial charge on any atom is -0.659 e. The molecule has 1 aliphatic rings. The van der Waals surface area contributed by atoms with Crippen LogP contribution >= 0.6 is 0 Å². The fraction of sp³-hybridized carbons (Fsp3) is 0.160. The van der Waals surface area contributed by atoms with Gasteiger partial charge in [0.25, 0.3) is 0 Å². The SMILES string of the molecule is c1ccc2c(-c3cnn4cc(-c5ccc(N6CC[N-]CC6)cc5)cnc34)ccnc2c1. The van der Waals surface area contributed by atoms with Gasteiger partial charge in [-0.3, -0.25) is 4.98 Å². The molecule has 4 heterocycles. The summed E-state index contributed by atoms with van der Waals surface area (Å²) in [5.41, 5.74) is 7.34. The van der Waals surface area contributed by atoms with Gasteiger partial charge in [0.1, 0.15) is 0 Å². The Morgan fingerprint density at radius 3 is 2.48 bits per heavy atom. The van der Waals surface area contributed by atoms with Crippen LogP contribution in [-0.2, 0) is 0 Å². The van der Waals surface area contributed by atoms with E-state index in [0.717, 1.165) is 65.0 Å². The van der Waals surface area contributed by atoms with Crippen LogP contribution in [-0.4, -0.2) is 45.8 Å². The molecule has 0 amide bonds. The molecule has 6 heteroatoms. The molecule has 0 bridgehead atoms. The van der Waals surface area contributed by atoms with Crippen LogP contribution in [0.3, 0.4) is 0 Å². The lowest BCUT2D eigenvalue weighted by Crippen LogP contribution is -2.33. The summed E-state index contributed by atoms with van der Waals surface area (Å²) >= 11 is 0. The number of aromatic nitrogens is 4. The second-order valence-electron chi connectivity index (χ2n) is 7.75. The highest BCUT2D eigenvalue weighted by atomic mass is 15.2. The lowest BCUT2D eigenvalue weighted by molar-refractivity contribution is 0.759. The number of benzene rings is 2. The maximum atomic E-state index is 4.77.